The van der Waals surface area contributed by atoms with Gasteiger partial charge in [-0.2, -0.15) is 0 Å². The van der Waals surface area contributed by atoms with Crippen LogP contribution in [0.25, 0.3) is 0 Å². The van der Waals surface area contributed by atoms with Crippen molar-refractivity contribution < 1.29 is 4.92 Å². The Morgan fingerprint density at radius 1 is 0.800 bits per heavy atom. The molecule has 3 heteroatoms. The summed E-state index contributed by atoms with van der Waals surface area (Å²) < 4.78 is 0. The molecule has 0 N–H and O–H groups in total. The molecule has 0 saturated heterocycles. The summed E-state index contributed by atoms with van der Waals surface area (Å²) in [7, 11) is 0. The minimum absolute atomic E-state index is 0.152. The summed E-state index contributed by atoms with van der Waals surface area (Å²) in [6.45, 7) is 0. The number of hydrogen-bond donors (Lipinski definition) is 0. The molecule has 1 fully saturated rings. The number of nitrogens with zero attached hydrogens (tertiary/aromatic N) is 1. The summed E-state index contributed by atoms with van der Waals surface area (Å²) in [4.78, 5) is 10.3. The van der Waals surface area contributed by atoms with Gasteiger partial charge in [0.25, 0.3) is 5.69 Å². The average Bonchev–Trinajstić information content (AvgIpc) is 2.98. The fourth-order valence-electron chi connectivity index (χ4n) is 2.72. The van der Waals surface area contributed by atoms with Gasteiger partial charge in [-0.1, -0.05) is 42.5 Å². The summed E-state index contributed by atoms with van der Waals surface area (Å²) in [5.74, 6) is 2.83. The van der Waals surface area contributed by atoms with Crippen LogP contribution in [0.3, 0.4) is 0 Å². The van der Waals surface area contributed by atoms with Crippen LogP contribution in [-0.4, -0.2) is 4.92 Å². The van der Waals surface area contributed by atoms with E-state index >= 15 is 0 Å². The predicted octanol–water partition coefficient (Wildman–Crippen LogP) is 4.32. The van der Waals surface area contributed by atoms with E-state index < -0.39 is 0 Å². The molecule has 0 unspecified atom stereocenters. The number of benzene rings is 2. The zero-order chi connectivity index (χ0) is 13.9. The van der Waals surface area contributed by atoms with E-state index in [1.54, 1.807) is 12.1 Å². The molecule has 0 bridgehead atoms. The molecule has 0 aliphatic heterocycles. The maximum absolute atomic E-state index is 10.7. The molecule has 2 aromatic rings. The van der Waals surface area contributed by atoms with Gasteiger partial charge in [-0.3, -0.25) is 10.1 Å². The Labute approximate surface area is 118 Å². The van der Waals surface area contributed by atoms with E-state index in [-0.39, 0.29) is 10.6 Å². The van der Waals surface area contributed by atoms with Crippen LogP contribution in [0.15, 0.2) is 54.6 Å². The first kappa shape index (κ1) is 12.9. The molecule has 1 aliphatic rings. The Bertz CT molecular complexity index is 592. The molecule has 2 radical (unpaired) electrons. The van der Waals surface area contributed by atoms with Gasteiger partial charge >= 0.3 is 0 Å². The van der Waals surface area contributed by atoms with Crippen LogP contribution >= 0.6 is 0 Å². The van der Waals surface area contributed by atoms with Crippen LogP contribution in [0, 0.1) is 22.0 Å². The van der Waals surface area contributed by atoms with E-state index in [1.165, 1.54) is 17.4 Å². The summed E-state index contributed by atoms with van der Waals surface area (Å²) >= 11 is 0. The standard InChI is InChI=1S/C17H15NO2/c19-18(20)17-10-8-14(9-11-17)16-7-6-15(12-16)13-4-2-1-3-5-13/h1-5,8-11H,6-7,12H2. The molecule has 1 aliphatic carbocycles. The highest BCUT2D eigenvalue weighted by Gasteiger charge is 2.28. The van der Waals surface area contributed by atoms with Crippen LogP contribution in [0.2, 0.25) is 0 Å². The highest BCUT2D eigenvalue weighted by molar-refractivity contribution is 5.45. The highest BCUT2D eigenvalue weighted by Crippen LogP contribution is 2.42. The fourth-order valence-corrected chi connectivity index (χ4v) is 2.72. The van der Waals surface area contributed by atoms with Gasteiger partial charge < -0.3 is 0 Å². The molecular formula is C17H15NO2. The van der Waals surface area contributed by atoms with Crippen molar-refractivity contribution in [1.29, 1.82) is 0 Å². The zero-order valence-electron chi connectivity index (χ0n) is 11.1. The first-order chi connectivity index (χ1) is 9.74. The van der Waals surface area contributed by atoms with Gasteiger partial charge in [0.15, 0.2) is 0 Å². The smallest absolute Gasteiger partial charge is 0.258 e. The van der Waals surface area contributed by atoms with Crippen molar-refractivity contribution in [2.45, 2.75) is 19.3 Å². The summed E-state index contributed by atoms with van der Waals surface area (Å²) in [5, 5.41) is 10.7. The van der Waals surface area contributed by atoms with Crippen LogP contribution in [0.5, 0.6) is 0 Å². The Morgan fingerprint density at radius 3 is 1.90 bits per heavy atom. The van der Waals surface area contributed by atoms with Gasteiger partial charge in [0.05, 0.1) is 4.92 Å². The van der Waals surface area contributed by atoms with E-state index in [4.69, 9.17) is 0 Å². The second-order valence-electron chi connectivity index (χ2n) is 5.05. The maximum Gasteiger partial charge on any atom is 0.269 e. The van der Waals surface area contributed by atoms with Crippen molar-refractivity contribution in [2.75, 3.05) is 0 Å². The summed E-state index contributed by atoms with van der Waals surface area (Å²) in [6, 6.07) is 17.3. The summed E-state index contributed by atoms with van der Waals surface area (Å²) in [6.07, 6.45) is 3.10. The third-order valence-corrected chi connectivity index (χ3v) is 3.82. The van der Waals surface area contributed by atoms with E-state index in [2.05, 4.69) is 24.3 Å². The van der Waals surface area contributed by atoms with E-state index in [0.717, 1.165) is 24.8 Å². The number of hydrogen-bond acceptors (Lipinski definition) is 2. The number of nitro benzene ring substituents is 1. The van der Waals surface area contributed by atoms with E-state index in [1.807, 2.05) is 18.2 Å². The third kappa shape index (κ3) is 2.57. The van der Waals surface area contributed by atoms with Gasteiger partial charge in [-0.25, -0.2) is 0 Å². The maximum atomic E-state index is 10.7. The third-order valence-electron chi connectivity index (χ3n) is 3.82. The van der Waals surface area contributed by atoms with Crippen molar-refractivity contribution in [3.8, 4) is 0 Å². The molecule has 1 saturated carbocycles. The van der Waals surface area contributed by atoms with Gasteiger partial charge in [0.1, 0.15) is 0 Å². The van der Waals surface area contributed by atoms with Gasteiger partial charge in [0.2, 0.25) is 0 Å². The van der Waals surface area contributed by atoms with Crippen molar-refractivity contribution in [1.82, 2.24) is 0 Å². The molecule has 3 nitrogen and oxygen atoms in total. The molecule has 2 aromatic carbocycles. The second kappa shape index (κ2) is 5.45. The molecule has 0 atom stereocenters. The van der Waals surface area contributed by atoms with E-state index in [0.29, 0.717) is 0 Å². The topological polar surface area (TPSA) is 43.1 Å². The Hall–Kier alpha value is -2.16. The molecule has 100 valence electrons. The fraction of sp³-hybridized carbons (Fsp3) is 0.176. The number of non-ortho nitro benzene ring substituents is 1. The van der Waals surface area contributed by atoms with Crippen LogP contribution in [0.1, 0.15) is 30.4 Å². The molecule has 0 aromatic heterocycles. The van der Waals surface area contributed by atoms with Crippen molar-refractivity contribution in [3.05, 3.63) is 87.7 Å². The molecule has 0 spiro atoms. The Balaban J connectivity index is 1.72. The minimum atomic E-state index is -0.357. The molecule has 0 amide bonds. The first-order valence-electron chi connectivity index (χ1n) is 6.74. The van der Waals surface area contributed by atoms with Crippen LogP contribution in [0.4, 0.5) is 5.69 Å². The molecular weight excluding hydrogens is 250 g/mol. The second-order valence-corrected chi connectivity index (χ2v) is 5.05. The average molecular weight is 265 g/mol. The minimum Gasteiger partial charge on any atom is -0.258 e. The number of rotatable bonds is 3. The number of nitro groups is 1. The van der Waals surface area contributed by atoms with Gasteiger partial charge in [0, 0.05) is 24.0 Å². The Morgan fingerprint density at radius 2 is 1.35 bits per heavy atom. The van der Waals surface area contributed by atoms with Gasteiger partial charge in [-0.05, 0) is 30.4 Å². The Kier molecular flexibility index (Phi) is 3.50. The SMILES string of the molecule is O=[N+]([O-])c1ccc([C]2CC[C](c3ccccc3)C2)cc1. The monoisotopic (exact) mass is 265 g/mol. The quantitative estimate of drug-likeness (QED) is 0.612. The van der Waals surface area contributed by atoms with Crippen molar-refractivity contribution >= 4 is 5.69 Å². The molecule has 0 heterocycles. The zero-order valence-corrected chi connectivity index (χ0v) is 11.1. The first-order valence-corrected chi connectivity index (χ1v) is 6.74. The lowest BCUT2D eigenvalue weighted by atomic mass is 9.93. The normalized spacial score (nSPS) is 16.4. The largest absolute Gasteiger partial charge is 0.269 e. The van der Waals surface area contributed by atoms with E-state index in [9.17, 15) is 10.1 Å². The van der Waals surface area contributed by atoms with Gasteiger partial charge in [-0.15, -0.1) is 0 Å². The molecule has 20 heavy (non-hydrogen) atoms. The summed E-state index contributed by atoms with van der Waals surface area (Å²) in [5.41, 5.74) is 2.59. The lowest BCUT2D eigenvalue weighted by molar-refractivity contribution is -0.384. The molecule has 3 rings (SSSR count). The predicted molar refractivity (Wildman–Crippen MR) is 78.1 cm³/mol. The van der Waals surface area contributed by atoms with Crippen molar-refractivity contribution in [2.24, 2.45) is 0 Å². The highest BCUT2D eigenvalue weighted by atomic mass is 16.6. The van der Waals surface area contributed by atoms with Crippen LogP contribution in [-0.2, 0) is 0 Å². The van der Waals surface area contributed by atoms with Crippen LogP contribution < -0.4 is 0 Å². The lowest BCUT2D eigenvalue weighted by Gasteiger charge is -2.11. The van der Waals surface area contributed by atoms with Crippen molar-refractivity contribution in [3.63, 3.8) is 0 Å². The lowest BCUT2D eigenvalue weighted by Crippen LogP contribution is -1.97.